The molecule has 0 spiro atoms. The number of anilines is 1. The monoisotopic (exact) mass is 457 g/mol. The summed E-state index contributed by atoms with van der Waals surface area (Å²) < 4.78 is 10.8. The Kier molecular flexibility index (Phi) is 6.15. The number of fused-ring (bicyclic) bond motifs is 2. The fourth-order valence-corrected chi connectivity index (χ4v) is 4.03. The van der Waals surface area contributed by atoms with Gasteiger partial charge in [0.05, 0.1) is 19.3 Å². The van der Waals surface area contributed by atoms with E-state index in [1.165, 1.54) is 10.9 Å². The Balaban J connectivity index is 1.44. The van der Waals surface area contributed by atoms with Crippen LogP contribution in [0.25, 0.3) is 10.9 Å². The van der Waals surface area contributed by atoms with Gasteiger partial charge in [0.15, 0.2) is 0 Å². The van der Waals surface area contributed by atoms with E-state index in [1.54, 1.807) is 12.0 Å². The molecule has 8 nitrogen and oxygen atoms in total. The highest BCUT2D eigenvalue weighted by Crippen LogP contribution is 2.27. The Hall–Kier alpha value is -3.00. The van der Waals surface area contributed by atoms with Gasteiger partial charge < -0.3 is 24.7 Å². The van der Waals surface area contributed by atoms with E-state index in [9.17, 15) is 4.79 Å². The van der Waals surface area contributed by atoms with Crippen LogP contribution in [0.3, 0.4) is 0 Å². The van der Waals surface area contributed by atoms with Gasteiger partial charge in [-0.1, -0.05) is 0 Å². The summed E-state index contributed by atoms with van der Waals surface area (Å²) >= 11 is 6.19. The van der Waals surface area contributed by atoms with Crippen LogP contribution in [-0.4, -0.2) is 51.7 Å². The largest absolute Gasteiger partial charge is 0.497 e. The maximum absolute atomic E-state index is 12.4. The molecule has 1 amide bonds. The normalized spacial score (nSPS) is 13.7. The number of rotatable bonds is 5. The molecule has 2 aromatic heterocycles. The molecule has 0 radical (unpaired) electrons. The second kappa shape index (κ2) is 8.86. The van der Waals surface area contributed by atoms with E-state index in [1.807, 2.05) is 39.1 Å². The molecular formula is C23H28ClN5O3. The van der Waals surface area contributed by atoms with Crippen LogP contribution in [0, 0.1) is 0 Å². The molecule has 0 saturated carbocycles. The first-order valence-corrected chi connectivity index (χ1v) is 11.0. The topological polar surface area (TPSA) is 92.4 Å². The molecule has 32 heavy (non-hydrogen) atoms. The van der Waals surface area contributed by atoms with Gasteiger partial charge in [0, 0.05) is 41.8 Å². The van der Waals surface area contributed by atoms with Gasteiger partial charge in [0.1, 0.15) is 17.2 Å². The van der Waals surface area contributed by atoms with E-state index in [4.69, 9.17) is 21.1 Å². The molecule has 0 aliphatic carbocycles. The van der Waals surface area contributed by atoms with E-state index < -0.39 is 5.60 Å². The summed E-state index contributed by atoms with van der Waals surface area (Å²) in [7, 11) is 1.66. The standard InChI is InChI=1S/C23H28ClN5O3/c1-23(2,3)32-22(30)29-10-8-17-19(13-29)27-21(24)28-20(17)25-9-7-14-12-26-18-11-15(31-4)5-6-16(14)18/h5-6,11-12,26H,7-10,13H2,1-4H3,(H,25,27,28). The average molecular weight is 458 g/mol. The molecule has 1 aliphatic heterocycles. The Bertz CT molecular complexity index is 1140. The van der Waals surface area contributed by atoms with Crippen molar-refractivity contribution in [2.24, 2.45) is 0 Å². The average Bonchev–Trinajstić information content (AvgIpc) is 3.14. The minimum Gasteiger partial charge on any atom is -0.497 e. The van der Waals surface area contributed by atoms with Crippen molar-refractivity contribution in [3.05, 3.63) is 46.5 Å². The minimum atomic E-state index is -0.541. The fraction of sp³-hybridized carbons (Fsp3) is 0.435. The van der Waals surface area contributed by atoms with E-state index in [-0.39, 0.29) is 11.4 Å². The van der Waals surface area contributed by atoms with Crippen LogP contribution in [0.5, 0.6) is 5.75 Å². The maximum Gasteiger partial charge on any atom is 0.410 e. The van der Waals surface area contributed by atoms with E-state index in [0.29, 0.717) is 26.1 Å². The van der Waals surface area contributed by atoms with Crippen molar-refractivity contribution in [2.45, 2.75) is 45.8 Å². The predicted molar refractivity (Wildman–Crippen MR) is 124 cm³/mol. The minimum absolute atomic E-state index is 0.163. The zero-order valence-electron chi connectivity index (χ0n) is 18.8. The summed E-state index contributed by atoms with van der Waals surface area (Å²) in [5.74, 6) is 1.55. The smallest absolute Gasteiger partial charge is 0.410 e. The van der Waals surface area contributed by atoms with Crippen LogP contribution >= 0.6 is 11.6 Å². The molecule has 0 unspecified atom stereocenters. The number of aromatic nitrogens is 3. The van der Waals surface area contributed by atoms with Crippen LogP contribution in [-0.2, 0) is 24.1 Å². The molecule has 1 aliphatic rings. The van der Waals surface area contributed by atoms with Crippen LogP contribution < -0.4 is 10.1 Å². The quantitative estimate of drug-likeness (QED) is 0.545. The van der Waals surface area contributed by atoms with E-state index in [0.717, 1.165) is 34.8 Å². The number of hydrogen-bond acceptors (Lipinski definition) is 6. The highest BCUT2D eigenvalue weighted by atomic mass is 35.5. The zero-order valence-corrected chi connectivity index (χ0v) is 19.5. The molecule has 0 bridgehead atoms. The van der Waals surface area contributed by atoms with Gasteiger partial charge in [-0.2, -0.15) is 0 Å². The number of amides is 1. The Morgan fingerprint density at radius 2 is 2.12 bits per heavy atom. The highest BCUT2D eigenvalue weighted by molar-refractivity contribution is 6.28. The van der Waals surface area contributed by atoms with Gasteiger partial charge >= 0.3 is 6.09 Å². The second-order valence-electron chi connectivity index (χ2n) is 8.82. The van der Waals surface area contributed by atoms with E-state index in [2.05, 4.69) is 26.3 Å². The van der Waals surface area contributed by atoms with Crippen molar-refractivity contribution in [3.8, 4) is 5.75 Å². The SMILES string of the molecule is COc1ccc2c(CCNc3nc(Cl)nc4c3CCN(C(=O)OC(C)(C)C)C4)c[nH]c2c1. The molecule has 170 valence electrons. The molecule has 1 aromatic carbocycles. The first-order chi connectivity index (χ1) is 15.2. The van der Waals surface area contributed by atoms with Gasteiger partial charge in [-0.25, -0.2) is 14.8 Å². The number of hydrogen-bond donors (Lipinski definition) is 2. The van der Waals surface area contributed by atoms with Crippen molar-refractivity contribution in [1.82, 2.24) is 19.9 Å². The van der Waals surface area contributed by atoms with Gasteiger partial charge in [-0.15, -0.1) is 0 Å². The van der Waals surface area contributed by atoms with Gasteiger partial charge in [-0.3, -0.25) is 0 Å². The number of halogens is 1. The number of nitrogens with zero attached hydrogens (tertiary/aromatic N) is 3. The van der Waals surface area contributed by atoms with Gasteiger partial charge in [0.2, 0.25) is 5.28 Å². The Morgan fingerprint density at radius 1 is 1.31 bits per heavy atom. The Labute approximate surface area is 192 Å². The van der Waals surface area contributed by atoms with Crippen LogP contribution in [0.1, 0.15) is 37.6 Å². The molecule has 0 atom stereocenters. The van der Waals surface area contributed by atoms with Crippen molar-refractivity contribution in [1.29, 1.82) is 0 Å². The van der Waals surface area contributed by atoms with Crippen LogP contribution in [0.2, 0.25) is 5.28 Å². The summed E-state index contributed by atoms with van der Waals surface area (Å²) in [6.45, 7) is 7.15. The third kappa shape index (κ3) is 4.91. The summed E-state index contributed by atoms with van der Waals surface area (Å²) in [6.07, 6.45) is 3.13. The number of benzene rings is 1. The lowest BCUT2D eigenvalue weighted by Gasteiger charge is -2.31. The number of ether oxygens (including phenoxy) is 2. The number of methoxy groups -OCH3 is 1. The summed E-state index contributed by atoms with van der Waals surface area (Å²) in [5, 5.41) is 4.75. The van der Waals surface area contributed by atoms with Crippen molar-refractivity contribution >= 4 is 34.4 Å². The third-order valence-electron chi connectivity index (χ3n) is 5.35. The third-order valence-corrected chi connectivity index (χ3v) is 5.52. The molecular weight excluding hydrogens is 430 g/mol. The number of nitrogens with one attached hydrogen (secondary N) is 2. The zero-order chi connectivity index (χ0) is 22.9. The van der Waals surface area contributed by atoms with Gasteiger partial charge in [-0.05, 0) is 62.9 Å². The van der Waals surface area contributed by atoms with Crippen molar-refractivity contribution in [2.75, 3.05) is 25.5 Å². The number of carbonyl (C=O) groups excluding carboxylic acids is 1. The first-order valence-electron chi connectivity index (χ1n) is 10.6. The Morgan fingerprint density at radius 3 is 2.88 bits per heavy atom. The number of H-pyrrole nitrogens is 1. The molecule has 0 saturated heterocycles. The van der Waals surface area contributed by atoms with E-state index >= 15 is 0 Å². The summed E-state index contributed by atoms with van der Waals surface area (Å²) in [6, 6.07) is 6.02. The molecule has 3 aromatic rings. The molecule has 2 N–H and O–H groups in total. The number of carbonyl (C=O) groups is 1. The van der Waals surface area contributed by atoms with Crippen LogP contribution in [0.4, 0.5) is 10.6 Å². The van der Waals surface area contributed by atoms with Crippen molar-refractivity contribution in [3.63, 3.8) is 0 Å². The first kappa shape index (κ1) is 22.2. The molecule has 4 rings (SSSR count). The number of aromatic amines is 1. The summed E-state index contributed by atoms with van der Waals surface area (Å²) in [5.41, 5.74) is 3.46. The molecule has 9 heteroatoms. The predicted octanol–water partition coefficient (Wildman–Crippen LogP) is 4.57. The summed E-state index contributed by atoms with van der Waals surface area (Å²) in [4.78, 5) is 26.2. The van der Waals surface area contributed by atoms with Crippen molar-refractivity contribution < 1.29 is 14.3 Å². The molecule has 0 fully saturated rings. The lowest BCUT2D eigenvalue weighted by atomic mass is 10.1. The lowest BCUT2D eigenvalue weighted by Crippen LogP contribution is -2.40. The van der Waals surface area contributed by atoms with Gasteiger partial charge in [0.25, 0.3) is 0 Å². The van der Waals surface area contributed by atoms with Crippen LogP contribution in [0.15, 0.2) is 24.4 Å². The lowest BCUT2D eigenvalue weighted by molar-refractivity contribution is 0.0221. The molecule has 3 heterocycles. The maximum atomic E-state index is 12.4. The highest BCUT2D eigenvalue weighted by Gasteiger charge is 2.28. The second-order valence-corrected chi connectivity index (χ2v) is 9.16. The fourth-order valence-electron chi connectivity index (χ4n) is 3.84.